The Bertz CT molecular complexity index is 806. The summed E-state index contributed by atoms with van der Waals surface area (Å²) >= 11 is 3.17. The number of benzene rings is 2. The Balaban J connectivity index is 2.65. The third kappa shape index (κ3) is 2.93. The minimum absolute atomic E-state index is 0.0259. The zero-order valence-corrected chi connectivity index (χ0v) is 12.4. The minimum atomic E-state index is -0.773. The average molecular weight is 366 g/mol. The number of non-ortho nitro benzene ring substituents is 1. The van der Waals surface area contributed by atoms with Crippen molar-refractivity contribution in [1.29, 1.82) is 0 Å². The Morgan fingerprint density at radius 2 is 1.68 bits per heavy atom. The van der Waals surface area contributed by atoms with E-state index in [1.54, 1.807) is 6.07 Å². The van der Waals surface area contributed by atoms with Crippen LogP contribution in [0.25, 0.3) is 0 Å². The van der Waals surface area contributed by atoms with Crippen LogP contribution in [0, 0.1) is 20.2 Å². The quantitative estimate of drug-likeness (QED) is 0.383. The molecule has 0 spiro atoms. The van der Waals surface area contributed by atoms with Gasteiger partial charge in [-0.25, -0.2) is 0 Å². The molecule has 0 saturated carbocycles. The zero-order chi connectivity index (χ0) is 16.4. The van der Waals surface area contributed by atoms with Gasteiger partial charge < -0.3 is 5.73 Å². The number of nitrogens with zero attached hydrogens (tertiary/aromatic N) is 2. The molecule has 2 rings (SSSR count). The second-order valence-corrected chi connectivity index (χ2v) is 5.19. The predicted octanol–water partition coefficient (Wildman–Crippen LogP) is 3.08. The SMILES string of the molecule is Nc1ccc(Br)cc1C(=O)c1cc([N+](=O)[O-])ccc1[N+](=O)[O-]. The number of nitro groups is 2. The van der Waals surface area contributed by atoms with Crippen LogP contribution >= 0.6 is 15.9 Å². The summed E-state index contributed by atoms with van der Waals surface area (Å²) in [6, 6.07) is 7.24. The summed E-state index contributed by atoms with van der Waals surface area (Å²) in [5, 5.41) is 21.8. The van der Waals surface area contributed by atoms with Crippen LogP contribution in [0.3, 0.4) is 0 Å². The molecule has 9 heteroatoms. The van der Waals surface area contributed by atoms with Gasteiger partial charge in [0.15, 0.2) is 0 Å². The van der Waals surface area contributed by atoms with E-state index in [1.807, 2.05) is 0 Å². The Labute approximate surface area is 132 Å². The van der Waals surface area contributed by atoms with Gasteiger partial charge in [0.05, 0.1) is 9.85 Å². The lowest BCUT2D eigenvalue weighted by Crippen LogP contribution is -2.09. The minimum Gasteiger partial charge on any atom is -0.398 e. The summed E-state index contributed by atoms with van der Waals surface area (Å²) in [7, 11) is 0. The molecule has 0 saturated heterocycles. The monoisotopic (exact) mass is 365 g/mol. The molecule has 22 heavy (non-hydrogen) atoms. The molecule has 0 aliphatic carbocycles. The normalized spacial score (nSPS) is 10.2. The molecule has 112 valence electrons. The van der Waals surface area contributed by atoms with Gasteiger partial charge in [-0.15, -0.1) is 0 Å². The lowest BCUT2D eigenvalue weighted by atomic mass is 10.00. The number of nitrogen functional groups attached to an aromatic ring is 1. The number of anilines is 1. The van der Waals surface area contributed by atoms with Gasteiger partial charge >= 0.3 is 0 Å². The Morgan fingerprint density at radius 1 is 1.00 bits per heavy atom. The first kappa shape index (κ1) is 15.6. The second-order valence-electron chi connectivity index (χ2n) is 4.28. The van der Waals surface area contributed by atoms with Gasteiger partial charge in [-0.1, -0.05) is 15.9 Å². The molecule has 0 radical (unpaired) electrons. The Hall–Kier alpha value is -2.81. The third-order valence-electron chi connectivity index (χ3n) is 2.89. The standard InChI is InChI=1S/C13H8BrN3O5/c14-7-1-3-11(15)9(5-7)13(18)10-6-8(16(19)20)2-4-12(10)17(21)22/h1-6H,15H2. The van der Waals surface area contributed by atoms with E-state index in [0.717, 1.165) is 18.2 Å². The average Bonchev–Trinajstić information content (AvgIpc) is 2.48. The van der Waals surface area contributed by atoms with E-state index in [9.17, 15) is 25.0 Å². The predicted molar refractivity (Wildman–Crippen MR) is 81.7 cm³/mol. The highest BCUT2D eigenvalue weighted by molar-refractivity contribution is 9.10. The number of carbonyl (C=O) groups is 1. The van der Waals surface area contributed by atoms with Crippen LogP contribution in [-0.2, 0) is 0 Å². The van der Waals surface area contributed by atoms with Gasteiger partial charge in [-0.2, -0.15) is 0 Å². The summed E-state index contributed by atoms with van der Waals surface area (Å²) in [5.41, 5.74) is 4.53. The number of nitro benzene ring substituents is 2. The van der Waals surface area contributed by atoms with Gasteiger partial charge in [0.2, 0.25) is 5.78 Å². The van der Waals surface area contributed by atoms with Crippen LogP contribution in [0.15, 0.2) is 40.9 Å². The van der Waals surface area contributed by atoms with Crippen molar-refractivity contribution in [2.45, 2.75) is 0 Å². The number of carbonyl (C=O) groups excluding carboxylic acids is 1. The third-order valence-corrected chi connectivity index (χ3v) is 3.39. The Kier molecular flexibility index (Phi) is 4.18. The molecule has 0 heterocycles. The van der Waals surface area contributed by atoms with E-state index in [0.29, 0.717) is 4.47 Å². The van der Waals surface area contributed by atoms with Gasteiger partial charge in [-0.3, -0.25) is 25.0 Å². The summed E-state index contributed by atoms with van der Waals surface area (Å²) in [4.78, 5) is 32.8. The van der Waals surface area contributed by atoms with Gasteiger partial charge in [0.25, 0.3) is 11.4 Å². The molecule has 0 aliphatic rings. The van der Waals surface area contributed by atoms with E-state index >= 15 is 0 Å². The van der Waals surface area contributed by atoms with Crippen LogP contribution in [0.4, 0.5) is 17.1 Å². The molecule has 0 unspecified atom stereocenters. The van der Waals surface area contributed by atoms with Crippen molar-refractivity contribution in [2.75, 3.05) is 5.73 Å². The molecule has 0 aliphatic heterocycles. The van der Waals surface area contributed by atoms with Crippen molar-refractivity contribution in [3.05, 3.63) is 72.2 Å². The van der Waals surface area contributed by atoms with E-state index in [1.165, 1.54) is 12.1 Å². The maximum Gasteiger partial charge on any atom is 0.281 e. The zero-order valence-electron chi connectivity index (χ0n) is 10.9. The number of halogens is 1. The molecule has 2 N–H and O–H groups in total. The fourth-order valence-corrected chi connectivity index (χ4v) is 2.21. The highest BCUT2D eigenvalue weighted by Crippen LogP contribution is 2.29. The number of rotatable bonds is 4. The number of hydrogen-bond acceptors (Lipinski definition) is 6. The van der Waals surface area contributed by atoms with E-state index in [2.05, 4.69) is 15.9 Å². The molecule has 0 bridgehead atoms. The topological polar surface area (TPSA) is 129 Å². The molecule has 0 amide bonds. The van der Waals surface area contributed by atoms with Crippen molar-refractivity contribution in [3.8, 4) is 0 Å². The van der Waals surface area contributed by atoms with Crippen molar-refractivity contribution in [1.82, 2.24) is 0 Å². The van der Waals surface area contributed by atoms with Crippen molar-refractivity contribution in [3.63, 3.8) is 0 Å². The number of ketones is 1. The first-order valence-electron chi connectivity index (χ1n) is 5.84. The van der Waals surface area contributed by atoms with Crippen molar-refractivity contribution < 1.29 is 14.6 Å². The molecule has 2 aromatic rings. The largest absolute Gasteiger partial charge is 0.398 e. The van der Waals surface area contributed by atoms with Gasteiger partial charge in [0.1, 0.15) is 5.56 Å². The van der Waals surface area contributed by atoms with E-state index in [-0.39, 0.29) is 16.8 Å². The smallest absolute Gasteiger partial charge is 0.281 e. The van der Waals surface area contributed by atoms with Crippen LogP contribution in [-0.4, -0.2) is 15.6 Å². The lowest BCUT2D eigenvalue weighted by Gasteiger charge is -2.06. The highest BCUT2D eigenvalue weighted by Gasteiger charge is 2.26. The molecular weight excluding hydrogens is 358 g/mol. The van der Waals surface area contributed by atoms with E-state index in [4.69, 9.17) is 5.73 Å². The molecule has 0 aromatic heterocycles. The van der Waals surface area contributed by atoms with Crippen molar-refractivity contribution >= 4 is 38.8 Å². The fourth-order valence-electron chi connectivity index (χ4n) is 1.85. The first-order valence-corrected chi connectivity index (χ1v) is 6.63. The molecule has 2 aromatic carbocycles. The number of nitrogens with two attached hydrogens (primary N) is 1. The second kappa shape index (κ2) is 5.90. The molecular formula is C13H8BrN3O5. The van der Waals surface area contributed by atoms with Crippen LogP contribution in [0.1, 0.15) is 15.9 Å². The molecule has 8 nitrogen and oxygen atoms in total. The Morgan fingerprint density at radius 3 is 2.27 bits per heavy atom. The summed E-state index contributed by atoms with van der Waals surface area (Å²) < 4.78 is 0.554. The molecule has 0 atom stereocenters. The van der Waals surface area contributed by atoms with E-state index < -0.39 is 27.0 Å². The van der Waals surface area contributed by atoms with Crippen LogP contribution in [0.2, 0.25) is 0 Å². The van der Waals surface area contributed by atoms with Crippen molar-refractivity contribution in [2.24, 2.45) is 0 Å². The van der Waals surface area contributed by atoms with Gasteiger partial charge in [-0.05, 0) is 18.2 Å². The lowest BCUT2D eigenvalue weighted by molar-refractivity contribution is -0.389. The summed E-state index contributed by atoms with van der Waals surface area (Å²) in [6.07, 6.45) is 0. The summed E-state index contributed by atoms with van der Waals surface area (Å²) in [6.45, 7) is 0. The first-order chi connectivity index (χ1) is 10.3. The molecule has 0 fully saturated rings. The van der Waals surface area contributed by atoms with Crippen LogP contribution in [0.5, 0.6) is 0 Å². The van der Waals surface area contributed by atoms with Gasteiger partial charge in [0, 0.05) is 33.9 Å². The fraction of sp³-hybridized carbons (Fsp3) is 0. The van der Waals surface area contributed by atoms with Crippen LogP contribution < -0.4 is 5.73 Å². The highest BCUT2D eigenvalue weighted by atomic mass is 79.9. The number of hydrogen-bond donors (Lipinski definition) is 1. The summed E-state index contributed by atoms with van der Waals surface area (Å²) in [5.74, 6) is -0.755. The maximum absolute atomic E-state index is 12.5. The maximum atomic E-state index is 12.5.